The fourth-order valence-corrected chi connectivity index (χ4v) is 3.34. The Kier molecular flexibility index (Phi) is 3.97. The van der Waals surface area contributed by atoms with Crippen LogP contribution in [0.5, 0.6) is 0 Å². The van der Waals surface area contributed by atoms with Crippen LogP contribution in [-0.2, 0) is 4.79 Å². The van der Waals surface area contributed by atoms with Gasteiger partial charge in [0.2, 0.25) is 5.91 Å². The highest BCUT2D eigenvalue weighted by Gasteiger charge is 2.38. The van der Waals surface area contributed by atoms with Crippen LogP contribution in [0.2, 0.25) is 0 Å². The Labute approximate surface area is 110 Å². The molecule has 4 atom stereocenters. The number of amides is 1. The van der Waals surface area contributed by atoms with Crippen LogP contribution in [0.25, 0.3) is 0 Å². The van der Waals surface area contributed by atoms with Crippen LogP contribution in [0.15, 0.2) is 0 Å². The third-order valence-electron chi connectivity index (χ3n) is 4.62. The van der Waals surface area contributed by atoms with Gasteiger partial charge in [0.25, 0.3) is 0 Å². The molecule has 0 spiro atoms. The lowest BCUT2D eigenvalue weighted by Gasteiger charge is -2.32. The van der Waals surface area contributed by atoms with Gasteiger partial charge in [-0.25, -0.2) is 0 Å². The Hall–Kier alpha value is -0.610. The third kappa shape index (κ3) is 3.04. The Morgan fingerprint density at radius 2 is 2.22 bits per heavy atom. The van der Waals surface area contributed by atoms with E-state index in [1.165, 1.54) is 0 Å². The van der Waals surface area contributed by atoms with Crippen LogP contribution in [0.1, 0.15) is 46.0 Å². The summed E-state index contributed by atoms with van der Waals surface area (Å²) in [5, 5.41) is 9.93. The lowest BCUT2D eigenvalue weighted by molar-refractivity contribution is -0.137. The number of nitrogens with two attached hydrogens (primary N) is 1. The van der Waals surface area contributed by atoms with Gasteiger partial charge in [0, 0.05) is 25.0 Å². The van der Waals surface area contributed by atoms with Crippen molar-refractivity contribution < 1.29 is 9.90 Å². The van der Waals surface area contributed by atoms with Gasteiger partial charge in [-0.3, -0.25) is 4.79 Å². The predicted octanol–water partition coefficient (Wildman–Crippen LogP) is 1.12. The van der Waals surface area contributed by atoms with Gasteiger partial charge in [-0.1, -0.05) is 13.3 Å². The summed E-state index contributed by atoms with van der Waals surface area (Å²) in [4.78, 5) is 14.2. The van der Waals surface area contributed by atoms with Crippen LogP contribution in [0, 0.1) is 11.8 Å². The van der Waals surface area contributed by atoms with E-state index in [4.69, 9.17) is 5.73 Å². The van der Waals surface area contributed by atoms with Crippen LogP contribution < -0.4 is 5.73 Å². The van der Waals surface area contributed by atoms with Gasteiger partial charge in [0.1, 0.15) is 0 Å². The number of aliphatic hydroxyl groups is 1. The van der Waals surface area contributed by atoms with E-state index >= 15 is 0 Å². The van der Waals surface area contributed by atoms with Crippen molar-refractivity contribution in [3.05, 3.63) is 0 Å². The number of hydrogen-bond acceptors (Lipinski definition) is 3. The molecule has 4 unspecified atom stereocenters. The molecule has 0 radical (unpaired) electrons. The van der Waals surface area contributed by atoms with Crippen LogP contribution in [-0.4, -0.2) is 40.6 Å². The van der Waals surface area contributed by atoms with Gasteiger partial charge < -0.3 is 15.7 Å². The van der Waals surface area contributed by atoms with E-state index in [0.29, 0.717) is 25.4 Å². The molecule has 1 saturated heterocycles. The zero-order valence-electron chi connectivity index (χ0n) is 11.6. The minimum atomic E-state index is -0.696. The molecule has 2 aliphatic rings. The monoisotopic (exact) mass is 254 g/mol. The lowest BCUT2D eigenvalue weighted by Crippen LogP contribution is -2.41. The number of nitrogens with zero attached hydrogens (tertiary/aromatic N) is 1. The van der Waals surface area contributed by atoms with Crippen molar-refractivity contribution in [2.75, 3.05) is 13.1 Å². The maximum absolute atomic E-state index is 12.4. The second-order valence-electron chi connectivity index (χ2n) is 6.48. The summed E-state index contributed by atoms with van der Waals surface area (Å²) in [6, 6.07) is 0.265. The molecule has 1 heterocycles. The molecular weight excluding hydrogens is 228 g/mol. The Morgan fingerprint density at radius 3 is 2.78 bits per heavy atom. The lowest BCUT2D eigenvalue weighted by atomic mass is 9.78. The van der Waals surface area contributed by atoms with E-state index in [9.17, 15) is 9.90 Å². The fraction of sp³-hybridized carbons (Fsp3) is 0.929. The van der Waals surface area contributed by atoms with E-state index in [2.05, 4.69) is 0 Å². The molecule has 0 aromatic heterocycles. The maximum Gasteiger partial charge on any atom is 0.225 e. The van der Waals surface area contributed by atoms with Gasteiger partial charge in [-0.05, 0) is 38.5 Å². The smallest absolute Gasteiger partial charge is 0.225 e. The molecule has 0 bridgehead atoms. The van der Waals surface area contributed by atoms with E-state index in [0.717, 1.165) is 25.7 Å². The fourth-order valence-electron chi connectivity index (χ4n) is 3.34. The van der Waals surface area contributed by atoms with Gasteiger partial charge in [0.05, 0.1) is 5.60 Å². The number of β-amino-alcohol motifs (C(OH)–C–C–N with tert-alkyl or cyclic N) is 1. The minimum absolute atomic E-state index is 0.0465. The van der Waals surface area contributed by atoms with Crippen molar-refractivity contribution in [2.24, 2.45) is 17.6 Å². The van der Waals surface area contributed by atoms with Crippen LogP contribution in [0.3, 0.4) is 0 Å². The van der Waals surface area contributed by atoms with Crippen molar-refractivity contribution in [3.8, 4) is 0 Å². The molecule has 1 aliphatic carbocycles. The molecule has 4 nitrogen and oxygen atoms in total. The summed E-state index contributed by atoms with van der Waals surface area (Å²) in [5.74, 6) is 0.670. The molecule has 1 amide bonds. The highest BCUT2D eigenvalue weighted by Crippen LogP contribution is 2.32. The largest absolute Gasteiger partial charge is 0.388 e. The van der Waals surface area contributed by atoms with Gasteiger partial charge >= 0.3 is 0 Å². The second kappa shape index (κ2) is 5.17. The average molecular weight is 254 g/mol. The zero-order valence-corrected chi connectivity index (χ0v) is 11.6. The minimum Gasteiger partial charge on any atom is -0.388 e. The topological polar surface area (TPSA) is 66.6 Å². The first-order chi connectivity index (χ1) is 8.39. The number of carbonyl (C=O) groups is 1. The SMILES string of the molecule is CC(C(=O)N1CCC(C)(O)C1)C1CCCC(N)C1. The third-order valence-corrected chi connectivity index (χ3v) is 4.62. The molecule has 2 rings (SSSR count). The first-order valence-corrected chi connectivity index (χ1v) is 7.16. The molecule has 0 aromatic carbocycles. The predicted molar refractivity (Wildman–Crippen MR) is 70.9 cm³/mol. The van der Waals surface area contributed by atoms with Crippen molar-refractivity contribution >= 4 is 5.91 Å². The molecule has 2 fully saturated rings. The summed E-state index contributed by atoms with van der Waals surface area (Å²) in [7, 11) is 0. The Morgan fingerprint density at radius 1 is 1.50 bits per heavy atom. The first-order valence-electron chi connectivity index (χ1n) is 7.16. The van der Waals surface area contributed by atoms with Crippen LogP contribution >= 0.6 is 0 Å². The summed E-state index contributed by atoms with van der Waals surface area (Å²) in [6.45, 7) is 5.00. The van der Waals surface area contributed by atoms with E-state index in [1.54, 1.807) is 0 Å². The first kappa shape index (κ1) is 13.8. The van der Waals surface area contributed by atoms with Crippen molar-refractivity contribution in [2.45, 2.75) is 57.6 Å². The van der Waals surface area contributed by atoms with E-state index < -0.39 is 5.60 Å². The van der Waals surface area contributed by atoms with Crippen molar-refractivity contribution in [1.82, 2.24) is 4.90 Å². The highest BCUT2D eigenvalue weighted by molar-refractivity contribution is 5.79. The van der Waals surface area contributed by atoms with Crippen molar-refractivity contribution in [1.29, 1.82) is 0 Å². The maximum atomic E-state index is 12.4. The van der Waals surface area contributed by atoms with Crippen LogP contribution in [0.4, 0.5) is 0 Å². The van der Waals surface area contributed by atoms with Gasteiger partial charge in [0.15, 0.2) is 0 Å². The van der Waals surface area contributed by atoms with E-state index in [-0.39, 0.29) is 17.9 Å². The number of carbonyl (C=O) groups excluding carboxylic acids is 1. The summed E-state index contributed by atoms with van der Waals surface area (Å²) >= 11 is 0. The Balaban J connectivity index is 1.92. The molecule has 1 saturated carbocycles. The average Bonchev–Trinajstić information content (AvgIpc) is 2.68. The summed E-state index contributed by atoms with van der Waals surface area (Å²) in [5.41, 5.74) is 5.30. The zero-order chi connectivity index (χ0) is 13.3. The molecule has 0 aromatic rings. The quantitative estimate of drug-likeness (QED) is 0.776. The van der Waals surface area contributed by atoms with Gasteiger partial charge in [-0.2, -0.15) is 0 Å². The number of hydrogen-bond donors (Lipinski definition) is 2. The molecule has 104 valence electrons. The second-order valence-corrected chi connectivity index (χ2v) is 6.48. The molecule has 4 heteroatoms. The number of likely N-dealkylation sites (tertiary alicyclic amines) is 1. The molecule has 3 N–H and O–H groups in total. The molecule has 1 aliphatic heterocycles. The van der Waals surface area contributed by atoms with E-state index in [1.807, 2.05) is 18.7 Å². The Bertz CT molecular complexity index is 317. The highest BCUT2D eigenvalue weighted by atomic mass is 16.3. The summed E-state index contributed by atoms with van der Waals surface area (Å²) < 4.78 is 0. The summed E-state index contributed by atoms with van der Waals surface area (Å²) in [6.07, 6.45) is 5.01. The molecule has 18 heavy (non-hydrogen) atoms. The standard InChI is InChI=1S/C14H26N2O2/c1-10(11-4-3-5-12(15)8-11)13(17)16-7-6-14(2,18)9-16/h10-12,18H,3-9,15H2,1-2H3. The molecular formula is C14H26N2O2. The van der Waals surface area contributed by atoms with Gasteiger partial charge in [-0.15, -0.1) is 0 Å². The number of rotatable bonds is 2. The normalized spacial score (nSPS) is 38.8. The van der Waals surface area contributed by atoms with Crippen molar-refractivity contribution in [3.63, 3.8) is 0 Å².